The fraction of sp³-hybridized carbons (Fsp3) is 0.923. The van der Waals surface area contributed by atoms with E-state index in [1.165, 1.54) is 38.9 Å². The van der Waals surface area contributed by atoms with Crippen LogP contribution in [-0.2, 0) is 0 Å². The molecule has 5 heteroatoms. The number of hydrogen-bond donors (Lipinski definition) is 2. The van der Waals surface area contributed by atoms with E-state index >= 15 is 0 Å². The topological polar surface area (TPSA) is 39.7 Å². The summed E-state index contributed by atoms with van der Waals surface area (Å²) in [5, 5.41) is 6.83. The van der Waals surface area contributed by atoms with Crippen molar-refractivity contribution in [1.29, 1.82) is 0 Å². The van der Waals surface area contributed by atoms with Gasteiger partial charge < -0.3 is 15.5 Å². The Kier molecular flexibility index (Phi) is 10.8. The van der Waals surface area contributed by atoms with Crippen LogP contribution in [0.3, 0.4) is 0 Å². The van der Waals surface area contributed by atoms with Crippen LogP contribution in [0.1, 0.15) is 40.0 Å². The second-order valence-corrected chi connectivity index (χ2v) is 4.61. The molecule has 0 unspecified atom stereocenters. The number of guanidine groups is 1. The van der Waals surface area contributed by atoms with Crippen LogP contribution in [0, 0.1) is 0 Å². The smallest absolute Gasteiger partial charge is 0.191 e. The summed E-state index contributed by atoms with van der Waals surface area (Å²) in [6.45, 7) is 11.9. The highest BCUT2D eigenvalue weighted by atomic mass is 127. The highest BCUT2D eigenvalue weighted by molar-refractivity contribution is 14.0. The number of nitrogens with zero attached hydrogens (tertiary/aromatic N) is 2. The fourth-order valence-electron chi connectivity index (χ4n) is 2.29. The maximum Gasteiger partial charge on any atom is 0.191 e. The van der Waals surface area contributed by atoms with Crippen LogP contribution in [0.4, 0.5) is 0 Å². The van der Waals surface area contributed by atoms with E-state index in [2.05, 4.69) is 41.3 Å². The highest BCUT2D eigenvalue weighted by Gasteiger charge is 2.18. The van der Waals surface area contributed by atoms with Gasteiger partial charge in [0.2, 0.25) is 0 Å². The molecule has 2 N–H and O–H groups in total. The Balaban J connectivity index is 0.00000289. The quantitative estimate of drug-likeness (QED) is 0.443. The molecule has 1 saturated heterocycles. The summed E-state index contributed by atoms with van der Waals surface area (Å²) in [5.41, 5.74) is 0. The van der Waals surface area contributed by atoms with Crippen molar-refractivity contribution in [3.8, 4) is 0 Å². The molecule has 1 heterocycles. The van der Waals surface area contributed by atoms with E-state index in [9.17, 15) is 0 Å². The molecule has 0 aromatic heterocycles. The molecule has 0 amide bonds. The molecule has 0 radical (unpaired) electrons. The van der Waals surface area contributed by atoms with Crippen LogP contribution >= 0.6 is 24.0 Å². The van der Waals surface area contributed by atoms with Gasteiger partial charge >= 0.3 is 0 Å². The van der Waals surface area contributed by atoms with E-state index in [4.69, 9.17) is 0 Å². The molecule has 1 aliphatic heterocycles. The first-order chi connectivity index (χ1) is 8.30. The molecule has 0 aliphatic carbocycles. The van der Waals surface area contributed by atoms with E-state index in [-0.39, 0.29) is 24.0 Å². The summed E-state index contributed by atoms with van der Waals surface area (Å²) >= 11 is 0. The minimum absolute atomic E-state index is 0. The third-order valence-corrected chi connectivity index (χ3v) is 3.13. The lowest BCUT2D eigenvalue weighted by Crippen LogP contribution is -2.48. The van der Waals surface area contributed by atoms with Gasteiger partial charge in [0.1, 0.15) is 0 Å². The zero-order valence-electron chi connectivity index (χ0n) is 12.0. The summed E-state index contributed by atoms with van der Waals surface area (Å²) in [6.07, 6.45) is 3.72. The molecule has 18 heavy (non-hydrogen) atoms. The molecule has 108 valence electrons. The van der Waals surface area contributed by atoms with Gasteiger partial charge in [0.15, 0.2) is 5.96 Å². The minimum atomic E-state index is 0. The lowest BCUT2D eigenvalue weighted by atomic mass is 10.1. The van der Waals surface area contributed by atoms with E-state index in [0.717, 1.165) is 19.0 Å². The highest BCUT2D eigenvalue weighted by Crippen LogP contribution is 2.10. The Bertz CT molecular complexity index is 225. The van der Waals surface area contributed by atoms with E-state index in [1.807, 2.05) is 0 Å². The number of rotatable bonds is 5. The van der Waals surface area contributed by atoms with Crippen molar-refractivity contribution >= 4 is 29.9 Å². The number of halogens is 1. The summed E-state index contributed by atoms with van der Waals surface area (Å²) in [4.78, 5) is 7.00. The van der Waals surface area contributed by atoms with Crippen molar-refractivity contribution in [2.24, 2.45) is 4.99 Å². The van der Waals surface area contributed by atoms with Crippen LogP contribution in [0.2, 0.25) is 0 Å². The molecule has 1 aliphatic rings. The molecule has 0 saturated carbocycles. The number of hydrogen-bond acceptors (Lipinski definition) is 2. The lowest BCUT2D eigenvalue weighted by molar-refractivity contribution is 0.206. The Morgan fingerprint density at radius 3 is 2.39 bits per heavy atom. The maximum atomic E-state index is 4.44. The molecule has 1 rings (SSSR count). The molecule has 0 aromatic rings. The normalized spacial score (nSPS) is 18.3. The molecule has 0 bridgehead atoms. The standard InChI is InChI=1S/C13H28N4.HI/c1-4-9-17-10-7-12(8-11-17)16-13(14-5-2)15-6-3;/h12H,4-11H2,1-3H3,(H2,14,15,16);1H. The minimum Gasteiger partial charge on any atom is -0.357 e. The zero-order valence-corrected chi connectivity index (χ0v) is 14.4. The molecule has 1 fully saturated rings. The molecule has 0 atom stereocenters. The van der Waals surface area contributed by atoms with Gasteiger partial charge in [-0.1, -0.05) is 6.92 Å². The van der Waals surface area contributed by atoms with Gasteiger partial charge in [-0.3, -0.25) is 4.99 Å². The summed E-state index contributed by atoms with van der Waals surface area (Å²) < 4.78 is 0. The van der Waals surface area contributed by atoms with Gasteiger partial charge in [0, 0.05) is 32.2 Å². The Labute approximate surface area is 129 Å². The largest absolute Gasteiger partial charge is 0.357 e. The van der Waals surface area contributed by atoms with Crippen molar-refractivity contribution in [2.45, 2.75) is 46.1 Å². The molecule has 0 aromatic carbocycles. The molecule has 4 nitrogen and oxygen atoms in total. The van der Waals surface area contributed by atoms with Gasteiger partial charge in [-0.05, 0) is 39.7 Å². The fourth-order valence-corrected chi connectivity index (χ4v) is 2.29. The lowest BCUT2D eigenvalue weighted by Gasteiger charge is -2.32. The van der Waals surface area contributed by atoms with Crippen LogP contribution < -0.4 is 10.6 Å². The summed E-state index contributed by atoms with van der Waals surface area (Å²) in [6, 6.07) is 0.590. The molecular formula is C13H29IN4. The Hall–Kier alpha value is -0.0400. The van der Waals surface area contributed by atoms with E-state index in [0.29, 0.717) is 6.04 Å². The van der Waals surface area contributed by atoms with Crippen molar-refractivity contribution in [1.82, 2.24) is 15.5 Å². The van der Waals surface area contributed by atoms with Crippen LogP contribution in [0.15, 0.2) is 4.99 Å². The van der Waals surface area contributed by atoms with Gasteiger partial charge in [-0.15, -0.1) is 24.0 Å². The maximum absolute atomic E-state index is 4.44. The third-order valence-electron chi connectivity index (χ3n) is 3.13. The monoisotopic (exact) mass is 368 g/mol. The number of likely N-dealkylation sites (tertiary alicyclic amines) is 1. The average Bonchev–Trinajstić information content (AvgIpc) is 2.33. The van der Waals surface area contributed by atoms with Gasteiger partial charge in [-0.25, -0.2) is 0 Å². The predicted octanol–water partition coefficient (Wildman–Crippen LogP) is 2.05. The number of nitrogens with one attached hydrogen (secondary N) is 2. The first-order valence-corrected chi connectivity index (χ1v) is 7.07. The van der Waals surface area contributed by atoms with Crippen molar-refractivity contribution in [3.05, 3.63) is 0 Å². The van der Waals surface area contributed by atoms with E-state index < -0.39 is 0 Å². The zero-order chi connectivity index (χ0) is 12.5. The second kappa shape index (κ2) is 10.8. The van der Waals surface area contributed by atoms with Gasteiger partial charge in [0.05, 0.1) is 0 Å². The van der Waals surface area contributed by atoms with Crippen LogP contribution in [-0.4, -0.2) is 49.6 Å². The van der Waals surface area contributed by atoms with Crippen molar-refractivity contribution < 1.29 is 0 Å². The molecule has 0 spiro atoms. The first-order valence-electron chi connectivity index (χ1n) is 7.07. The number of piperidine rings is 1. The Morgan fingerprint density at radius 2 is 1.89 bits per heavy atom. The van der Waals surface area contributed by atoms with Gasteiger partial charge in [-0.2, -0.15) is 0 Å². The SMILES string of the molecule is CCCN1CCC(NC(=NCC)NCC)CC1.I. The second-order valence-electron chi connectivity index (χ2n) is 4.61. The first kappa shape index (κ1) is 18.0. The number of aliphatic imine (C=N–C) groups is 1. The summed E-state index contributed by atoms with van der Waals surface area (Å²) in [7, 11) is 0. The van der Waals surface area contributed by atoms with Gasteiger partial charge in [0.25, 0.3) is 0 Å². The average molecular weight is 368 g/mol. The third kappa shape index (κ3) is 6.78. The Morgan fingerprint density at radius 1 is 1.22 bits per heavy atom. The van der Waals surface area contributed by atoms with E-state index in [1.54, 1.807) is 0 Å². The van der Waals surface area contributed by atoms with Crippen LogP contribution in [0.5, 0.6) is 0 Å². The predicted molar refractivity (Wildman–Crippen MR) is 90.0 cm³/mol. The van der Waals surface area contributed by atoms with Crippen LogP contribution in [0.25, 0.3) is 0 Å². The van der Waals surface area contributed by atoms with Crippen molar-refractivity contribution in [2.75, 3.05) is 32.7 Å². The molecular weight excluding hydrogens is 339 g/mol. The summed E-state index contributed by atoms with van der Waals surface area (Å²) in [5.74, 6) is 0.976. The van der Waals surface area contributed by atoms with Crippen molar-refractivity contribution in [3.63, 3.8) is 0 Å².